The van der Waals surface area contributed by atoms with E-state index in [4.69, 9.17) is 9.97 Å². The quantitative estimate of drug-likeness (QED) is 0.122. The number of nitrogens with zero attached hydrogens (tertiary/aromatic N) is 4. The smallest absolute Gasteiger partial charge is 0.303 e. The van der Waals surface area contributed by atoms with Crippen LogP contribution in [0.4, 0.5) is 5.69 Å². The monoisotopic (exact) mass is 762 g/mol. The number of nitriles is 1. The molecule has 0 spiro atoms. The zero-order chi connectivity index (χ0) is 40.7. The average molecular weight is 763 g/mol. The van der Waals surface area contributed by atoms with Gasteiger partial charge in [-0.05, 0) is 135 Å². The van der Waals surface area contributed by atoms with Gasteiger partial charge in [0.1, 0.15) is 6.29 Å². The Balaban J connectivity index is 1.65. The van der Waals surface area contributed by atoms with Gasteiger partial charge in [0.25, 0.3) is 0 Å². The van der Waals surface area contributed by atoms with Crippen LogP contribution in [0.1, 0.15) is 120 Å². The highest BCUT2D eigenvalue weighted by Crippen LogP contribution is 2.65. The Morgan fingerprint density at radius 2 is 1.58 bits per heavy atom. The van der Waals surface area contributed by atoms with Crippen LogP contribution in [0, 0.1) is 25.2 Å². The molecule has 57 heavy (non-hydrogen) atoms. The van der Waals surface area contributed by atoms with Crippen molar-refractivity contribution in [1.29, 1.82) is 5.26 Å². The lowest BCUT2D eigenvalue weighted by atomic mass is 9.49. The maximum absolute atomic E-state index is 12.7. The summed E-state index contributed by atoms with van der Waals surface area (Å²) in [5.41, 5.74) is 13.1. The van der Waals surface area contributed by atoms with Crippen LogP contribution in [0.25, 0.3) is 39.3 Å². The Morgan fingerprint density at radius 1 is 0.930 bits per heavy atom. The molecule has 3 unspecified atom stereocenters. The number of carboxylic acid groups (broad SMARTS) is 2. The number of fused-ring (bicyclic) bond motifs is 11. The first-order chi connectivity index (χ1) is 27.2. The second-order valence-electron chi connectivity index (χ2n) is 16.0. The summed E-state index contributed by atoms with van der Waals surface area (Å²) in [5.74, 6) is -1.93. The molecule has 8 rings (SSSR count). The first-order valence-corrected chi connectivity index (χ1v) is 19.6. The number of allylic oxidation sites excluding steroid dienone is 2. The molecule has 0 radical (unpaired) electrons. The number of H-pyrrole nitrogens is 2. The lowest BCUT2D eigenvalue weighted by molar-refractivity contribution is -0.138. The van der Waals surface area contributed by atoms with Crippen LogP contribution in [-0.2, 0) is 33.3 Å². The number of carboxylic acids is 2. The van der Waals surface area contributed by atoms with Crippen LogP contribution in [0.5, 0.6) is 0 Å². The lowest BCUT2D eigenvalue weighted by Crippen LogP contribution is -2.64. The van der Waals surface area contributed by atoms with Crippen LogP contribution in [0.3, 0.4) is 0 Å². The van der Waals surface area contributed by atoms with E-state index in [-0.39, 0.29) is 25.7 Å². The number of aromatic nitrogens is 4. The molecule has 6 heterocycles. The molecule has 4 aliphatic rings. The number of aryl methyl sites for hydroxylation is 4. The van der Waals surface area contributed by atoms with Gasteiger partial charge in [-0.25, -0.2) is 4.98 Å². The van der Waals surface area contributed by atoms with E-state index in [9.17, 15) is 29.9 Å². The van der Waals surface area contributed by atoms with Crippen molar-refractivity contribution in [1.82, 2.24) is 19.9 Å². The SMILES string of the molecule is CCc1c(C)c2cc3[nH]c(cc4nc5c(c6nc(cc1[nH]2)C(C)=C6CCC(=O)O)C=C(C#N)C1N(C)c2ccc(C=O)cc2C4(C)C51CCC(=O)O)c(C)c3CC. The molecule has 3 aliphatic heterocycles. The van der Waals surface area contributed by atoms with E-state index >= 15 is 0 Å². The zero-order valence-electron chi connectivity index (χ0n) is 33.3. The van der Waals surface area contributed by atoms with E-state index in [1.165, 1.54) is 0 Å². The van der Waals surface area contributed by atoms with Crippen LogP contribution < -0.4 is 4.90 Å². The molecule has 290 valence electrons. The van der Waals surface area contributed by atoms with Gasteiger partial charge in [0.2, 0.25) is 0 Å². The van der Waals surface area contributed by atoms with Gasteiger partial charge < -0.3 is 25.1 Å². The summed E-state index contributed by atoms with van der Waals surface area (Å²) in [4.78, 5) is 57.5. The maximum atomic E-state index is 12.7. The van der Waals surface area contributed by atoms with E-state index in [1.807, 2.05) is 43.1 Å². The van der Waals surface area contributed by atoms with Crippen molar-refractivity contribution in [2.45, 2.75) is 96.9 Å². The lowest BCUT2D eigenvalue weighted by Gasteiger charge is -2.58. The minimum Gasteiger partial charge on any atom is -0.481 e. The van der Waals surface area contributed by atoms with E-state index in [2.05, 4.69) is 62.8 Å². The summed E-state index contributed by atoms with van der Waals surface area (Å²) >= 11 is 0. The van der Waals surface area contributed by atoms with E-state index < -0.39 is 28.8 Å². The van der Waals surface area contributed by atoms with E-state index in [0.29, 0.717) is 39.5 Å². The van der Waals surface area contributed by atoms with Gasteiger partial charge >= 0.3 is 11.9 Å². The highest BCUT2D eigenvalue weighted by atomic mass is 16.4. The van der Waals surface area contributed by atoms with Gasteiger partial charge in [-0.1, -0.05) is 13.8 Å². The second kappa shape index (κ2) is 13.4. The Bertz CT molecular complexity index is 2740. The third-order valence-corrected chi connectivity index (χ3v) is 13.4. The molecule has 0 fully saturated rings. The van der Waals surface area contributed by atoms with Crippen LogP contribution >= 0.6 is 0 Å². The van der Waals surface area contributed by atoms with Gasteiger partial charge in [0.05, 0.1) is 51.3 Å². The van der Waals surface area contributed by atoms with Gasteiger partial charge in [0.15, 0.2) is 0 Å². The number of rotatable bonds is 9. The largest absolute Gasteiger partial charge is 0.481 e. The Labute approximate surface area is 330 Å². The van der Waals surface area contributed by atoms with Gasteiger partial charge in [0, 0.05) is 58.8 Å². The number of likely N-dealkylation sites (N-methyl/N-ethyl adjacent to an activating group) is 1. The fourth-order valence-corrected chi connectivity index (χ4v) is 10.4. The van der Waals surface area contributed by atoms with Crippen LogP contribution in [0.2, 0.25) is 0 Å². The zero-order valence-corrected chi connectivity index (χ0v) is 33.3. The molecule has 11 heteroatoms. The van der Waals surface area contributed by atoms with Crippen molar-refractivity contribution in [2.75, 3.05) is 11.9 Å². The minimum absolute atomic E-state index is 0.119. The summed E-state index contributed by atoms with van der Waals surface area (Å²) in [7, 11) is 1.91. The van der Waals surface area contributed by atoms with E-state index in [1.54, 1.807) is 6.07 Å². The predicted molar refractivity (Wildman–Crippen MR) is 221 cm³/mol. The number of carbonyl (C=O) groups is 3. The summed E-state index contributed by atoms with van der Waals surface area (Å²) in [6.45, 7) is 12.5. The summed E-state index contributed by atoms with van der Waals surface area (Å²) in [6, 6.07) is 13.7. The molecule has 8 bridgehead atoms. The van der Waals surface area contributed by atoms with Crippen LogP contribution in [0.15, 0.2) is 42.0 Å². The van der Waals surface area contributed by atoms with Crippen molar-refractivity contribution in [3.05, 3.63) is 104 Å². The maximum Gasteiger partial charge on any atom is 0.303 e. The van der Waals surface area contributed by atoms with Crippen molar-refractivity contribution in [3.8, 4) is 6.07 Å². The number of aromatic amines is 2. The molecule has 11 nitrogen and oxygen atoms in total. The Morgan fingerprint density at radius 3 is 2.19 bits per heavy atom. The summed E-state index contributed by atoms with van der Waals surface area (Å²) < 4.78 is 0. The second-order valence-corrected chi connectivity index (χ2v) is 16.0. The molecule has 1 aromatic carbocycles. The van der Waals surface area contributed by atoms with Gasteiger partial charge in [-0.2, -0.15) is 5.26 Å². The standard InChI is InChI=1S/C46H46N6O5/c1-8-28-23(3)33-18-36-29(9-2)24(4)35(49-36)20-39-45(6)32-16-26(22-53)10-12-38(32)52(7)44-27(21-47)17-31(43(51-39)46(44,45)15-14-41(56)57)42-30(11-13-40(54)55)25(5)34(50-42)19-37(28)48-33/h10,12,16-20,22,44,48-49H,8-9,11,13-15H2,1-7H3,(H,54,55)(H,56,57). The first kappa shape index (κ1) is 37.6. The normalized spacial score (nSPS) is 20.6. The van der Waals surface area contributed by atoms with Gasteiger partial charge in [-0.15, -0.1) is 0 Å². The third-order valence-electron chi connectivity index (χ3n) is 13.4. The Kier molecular flexibility index (Phi) is 8.87. The average Bonchev–Trinajstić information content (AvgIpc) is 3.85. The molecule has 0 amide bonds. The van der Waals surface area contributed by atoms with Crippen molar-refractivity contribution in [2.24, 2.45) is 0 Å². The van der Waals surface area contributed by atoms with Crippen LogP contribution in [-0.4, -0.2) is 61.5 Å². The highest BCUT2D eigenvalue weighted by molar-refractivity contribution is 5.97. The number of aldehydes is 1. The Hall–Kier alpha value is -6.28. The first-order valence-electron chi connectivity index (χ1n) is 19.6. The van der Waals surface area contributed by atoms with E-state index in [0.717, 1.165) is 85.8 Å². The number of aliphatic carboxylic acids is 2. The fraction of sp³-hybridized carbons (Fsp3) is 0.348. The topological polar surface area (TPSA) is 176 Å². The molecule has 4 N–H and O–H groups in total. The van der Waals surface area contributed by atoms with Gasteiger partial charge in [-0.3, -0.25) is 19.4 Å². The molecule has 1 aliphatic carbocycles. The highest BCUT2D eigenvalue weighted by Gasteiger charge is 2.67. The predicted octanol–water partition coefficient (Wildman–Crippen LogP) is 8.51. The number of benzene rings is 1. The number of carbonyl (C=O) groups excluding carboxylic acids is 1. The molecular formula is C46H46N6O5. The summed E-state index contributed by atoms with van der Waals surface area (Å²) in [5, 5.41) is 31.4. The molecule has 3 atom stereocenters. The fourth-order valence-electron chi connectivity index (χ4n) is 10.4. The molecule has 0 saturated heterocycles. The third kappa shape index (κ3) is 5.26. The number of nitrogens with one attached hydrogen (secondary N) is 2. The molecule has 0 saturated carbocycles. The number of anilines is 1. The van der Waals surface area contributed by atoms with Crippen molar-refractivity contribution in [3.63, 3.8) is 0 Å². The minimum atomic E-state index is -1.13. The number of hydrogen-bond donors (Lipinski definition) is 4. The molecule has 4 aromatic rings. The summed E-state index contributed by atoms with van der Waals surface area (Å²) in [6.07, 6.45) is 4.15. The van der Waals surface area contributed by atoms with Crippen molar-refractivity contribution < 1.29 is 24.6 Å². The molecular weight excluding hydrogens is 717 g/mol. The molecule has 3 aromatic heterocycles. The number of hydrogen-bond acceptors (Lipinski definition) is 7. The van der Waals surface area contributed by atoms with Crippen molar-refractivity contribution >= 4 is 63.2 Å².